The maximum atomic E-state index is 12.5. The molecule has 0 radical (unpaired) electrons. The SMILES string of the molecule is O=C(NCCCN1CCN(c2cccc(Cl)c2)CC1)C1CCN(c2ccncc2)CC1. The number of pyridine rings is 1. The Bertz CT molecular complexity index is 833. The summed E-state index contributed by atoms with van der Waals surface area (Å²) in [5.74, 6) is 0.361. The molecule has 0 bridgehead atoms. The third kappa shape index (κ3) is 6.11. The highest BCUT2D eigenvalue weighted by Crippen LogP contribution is 2.23. The molecular formula is C24H32ClN5O. The first-order valence-corrected chi connectivity index (χ1v) is 11.7. The summed E-state index contributed by atoms with van der Waals surface area (Å²) < 4.78 is 0. The third-order valence-electron chi connectivity index (χ3n) is 6.39. The van der Waals surface area contributed by atoms with Gasteiger partial charge in [0.15, 0.2) is 0 Å². The zero-order chi connectivity index (χ0) is 21.5. The second-order valence-electron chi connectivity index (χ2n) is 8.42. The number of rotatable bonds is 7. The number of hydrogen-bond acceptors (Lipinski definition) is 5. The summed E-state index contributed by atoms with van der Waals surface area (Å²) in [6.45, 7) is 7.79. The average molecular weight is 442 g/mol. The minimum atomic E-state index is 0.138. The van der Waals surface area contributed by atoms with Crippen LogP contribution < -0.4 is 15.1 Å². The van der Waals surface area contributed by atoms with E-state index in [-0.39, 0.29) is 11.8 Å². The first-order chi connectivity index (χ1) is 15.2. The number of halogens is 1. The van der Waals surface area contributed by atoms with Crippen LogP contribution in [0.5, 0.6) is 0 Å². The van der Waals surface area contributed by atoms with Crippen molar-refractivity contribution in [1.82, 2.24) is 15.2 Å². The first-order valence-electron chi connectivity index (χ1n) is 11.3. The Labute approximate surface area is 190 Å². The van der Waals surface area contributed by atoms with Crippen LogP contribution in [0, 0.1) is 5.92 Å². The Balaban J connectivity index is 1.10. The molecule has 2 fully saturated rings. The summed E-state index contributed by atoms with van der Waals surface area (Å²) in [4.78, 5) is 23.8. The topological polar surface area (TPSA) is 51.7 Å². The van der Waals surface area contributed by atoms with Crippen LogP contribution in [0.3, 0.4) is 0 Å². The lowest BCUT2D eigenvalue weighted by Crippen LogP contribution is -2.47. The van der Waals surface area contributed by atoms with Gasteiger partial charge in [-0.3, -0.25) is 14.7 Å². The Kier molecular flexibility index (Phi) is 7.65. The van der Waals surface area contributed by atoms with Crippen molar-refractivity contribution >= 4 is 28.9 Å². The number of amides is 1. The predicted molar refractivity (Wildman–Crippen MR) is 127 cm³/mol. The lowest BCUT2D eigenvalue weighted by molar-refractivity contribution is -0.125. The van der Waals surface area contributed by atoms with E-state index >= 15 is 0 Å². The van der Waals surface area contributed by atoms with Crippen molar-refractivity contribution in [1.29, 1.82) is 0 Å². The van der Waals surface area contributed by atoms with Crippen molar-refractivity contribution in [2.45, 2.75) is 19.3 Å². The molecule has 2 aromatic rings. The van der Waals surface area contributed by atoms with E-state index < -0.39 is 0 Å². The maximum absolute atomic E-state index is 12.5. The highest BCUT2D eigenvalue weighted by atomic mass is 35.5. The van der Waals surface area contributed by atoms with Crippen molar-refractivity contribution < 1.29 is 4.79 Å². The molecule has 166 valence electrons. The molecule has 0 saturated carbocycles. The van der Waals surface area contributed by atoms with Gasteiger partial charge in [-0.2, -0.15) is 0 Å². The second-order valence-corrected chi connectivity index (χ2v) is 8.86. The van der Waals surface area contributed by atoms with Crippen LogP contribution in [0.15, 0.2) is 48.8 Å². The monoisotopic (exact) mass is 441 g/mol. The fourth-order valence-corrected chi connectivity index (χ4v) is 4.70. The standard InChI is InChI=1S/C24H32ClN5O/c25-21-3-1-4-23(19-21)30-17-15-28(16-18-30)12-2-9-27-24(31)20-7-13-29(14-8-20)22-5-10-26-11-6-22/h1,3-6,10-11,19-20H,2,7-9,12-18H2,(H,27,31). The number of aromatic nitrogens is 1. The zero-order valence-corrected chi connectivity index (χ0v) is 18.8. The molecular weight excluding hydrogens is 410 g/mol. The number of carbonyl (C=O) groups is 1. The summed E-state index contributed by atoms with van der Waals surface area (Å²) in [7, 11) is 0. The fourth-order valence-electron chi connectivity index (χ4n) is 4.52. The quantitative estimate of drug-likeness (QED) is 0.668. The van der Waals surface area contributed by atoms with Crippen LogP contribution in [0.1, 0.15) is 19.3 Å². The predicted octanol–water partition coefficient (Wildman–Crippen LogP) is 3.28. The van der Waals surface area contributed by atoms with Crippen molar-refractivity contribution in [3.63, 3.8) is 0 Å². The van der Waals surface area contributed by atoms with E-state index in [9.17, 15) is 4.79 Å². The normalized spacial score (nSPS) is 18.2. The van der Waals surface area contributed by atoms with E-state index in [1.54, 1.807) is 0 Å². The van der Waals surface area contributed by atoms with Gasteiger partial charge in [0.05, 0.1) is 0 Å². The molecule has 31 heavy (non-hydrogen) atoms. The van der Waals surface area contributed by atoms with E-state index in [2.05, 4.69) is 31.1 Å². The van der Waals surface area contributed by atoms with Gasteiger partial charge < -0.3 is 15.1 Å². The Morgan fingerprint density at radius 2 is 1.68 bits per heavy atom. The summed E-state index contributed by atoms with van der Waals surface area (Å²) >= 11 is 6.12. The van der Waals surface area contributed by atoms with Crippen LogP contribution in [0.25, 0.3) is 0 Å². The molecule has 7 heteroatoms. The molecule has 4 rings (SSSR count). The lowest BCUT2D eigenvalue weighted by atomic mass is 9.95. The maximum Gasteiger partial charge on any atom is 0.223 e. The number of piperazine rings is 1. The highest BCUT2D eigenvalue weighted by molar-refractivity contribution is 6.30. The summed E-state index contributed by atoms with van der Waals surface area (Å²) in [5, 5.41) is 3.96. The molecule has 6 nitrogen and oxygen atoms in total. The Morgan fingerprint density at radius 3 is 2.39 bits per heavy atom. The van der Waals surface area contributed by atoms with Gasteiger partial charge in [0.2, 0.25) is 5.91 Å². The van der Waals surface area contributed by atoms with Crippen LogP contribution in [-0.2, 0) is 4.79 Å². The molecule has 2 saturated heterocycles. The molecule has 0 spiro atoms. The minimum absolute atomic E-state index is 0.138. The minimum Gasteiger partial charge on any atom is -0.371 e. The molecule has 1 aromatic carbocycles. The number of anilines is 2. The molecule has 2 aliphatic rings. The number of nitrogens with one attached hydrogen (secondary N) is 1. The highest BCUT2D eigenvalue weighted by Gasteiger charge is 2.25. The fraction of sp³-hybridized carbons (Fsp3) is 0.500. The van der Waals surface area contributed by atoms with Crippen LogP contribution >= 0.6 is 11.6 Å². The molecule has 1 N–H and O–H groups in total. The Morgan fingerprint density at radius 1 is 0.968 bits per heavy atom. The van der Waals surface area contributed by atoms with Crippen molar-refractivity contribution in [2.75, 3.05) is 62.2 Å². The molecule has 1 aromatic heterocycles. The smallest absolute Gasteiger partial charge is 0.223 e. The van der Waals surface area contributed by atoms with Gasteiger partial charge in [-0.1, -0.05) is 17.7 Å². The number of benzene rings is 1. The molecule has 0 unspecified atom stereocenters. The van der Waals surface area contributed by atoms with E-state index in [4.69, 9.17) is 11.6 Å². The van der Waals surface area contributed by atoms with Crippen molar-refractivity contribution in [3.8, 4) is 0 Å². The van der Waals surface area contributed by atoms with Crippen molar-refractivity contribution in [3.05, 3.63) is 53.8 Å². The summed E-state index contributed by atoms with van der Waals surface area (Å²) in [6.07, 6.45) is 6.48. The van der Waals surface area contributed by atoms with E-state index in [0.717, 1.165) is 76.6 Å². The summed E-state index contributed by atoms with van der Waals surface area (Å²) in [6, 6.07) is 12.2. The third-order valence-corrected chi connectivity index (χ3v) is 6.62. The van der Waals surface area contributed by atoms with Crippen molar-refractivity contribution in [2.24, 2.45) is 5.92 Å². The second kappa shape index (κ2) is 10.8. The number of piperidine rings is 1. The van der Waals surface area contributed by atoms with Gasteiger partial charge in [-0.05, 0) is 56.1 Å². The van der Waals surface area contributed by atoms with Gasteiger partial charge >= 0.3 is 0 Å². The average Bonchev–Trinajstić information content (AvgIpc) is 2.83. The van der Waals surface area contributed by atoms with Gasteiger partial charge in [0.1, 0.15) is 0 Å². The van der Waals surface area contributed by atoms with Crippen LogP contribution in [-0.4, -0.2) is 68.1 Å². The molecule has 0 aliphatic carbocycles. The van der Waals surface area contributed by atoms with E-state index in [0.29, 0.717) is 0 Å². The lowest BCUT2D eigenvalue weighted by Gasteiger charge is -2.36. The van der Waals surface area contributed by atoms with E-state index in [1.807, 2.05) is 42.7 Å². The Hall–Kier alpha value is -2.31. The van der Waals surface area contributed by atoms with Gasteiger partial charge in [0.25, 0.3) is 0 Å². The van der Waals surface area contributed by atoms with E-state index in [1.165, 1.54) is 11.4 Å². The van der Waals surface area contributed by atoms with Crippen LogP contribution in [0.4, 0.5) is 11.4 Å². The molecule has 2 aliphatic heterocycles. The molecule has 0 atom stereocenters. The summed E-state index contributed by atoms with van der Waals surface area (Å²) in [5.41, 5.74) is 2.40. The molecule has 3 heterocycles. The van der Waals surface area contributed by atoms with Crippen LogP contribution in [0.2, 0.25) is 5.02 Å². The largest absolute Gasteiger partial charge is 0.371 e. The number of hydrogen-bond donors (Lipinski definition) is 1. The number of carbonyl (C=O) groups excluding carboxylic acids is 1. The van der Waals surface area contributed by atoms with Gasteiger partial charge in [-0.25, -0.2) is 0 Å². The molecule has 1 amide bonds. The van der Waals surface area contributed by atoms with Gasteiger partial charge in [-0.15, -0.1) is 0 Å². The van der Waals surface area contributed by atoms with Gasteiger partial charge in [0, 0.05) is 80.5 Å². The zero-order valence-electron chi connectivity index (χ0n) is 18.0. The first kappa shape index (κ1) is 21.9. The number of nitrogens with zero attached hydrogens (tertiary/aromatic N) is 4.